The van der Waals surface area contributed by atoms with Crippen LogP contribution in [0.4, 0.5) is 5.69 Å². The molecule has 2 nitrogen and oxygen atoms in total. The number of rotatable bonds is 3. The lowest BCUT2D eigenvalue weighted by molar-refractivity contribution is 0.761. The summed E-state index contributed by atoms with van der Waals surface area (Å²) in [6, 6.07) is 17.1. The molecule has 1 aliphatic heterocycles. The number of hydrogen-bond acceptors (Lipinski definition) is 1. The molecule has 0 unspecified atom stereocenters. The van der Waals surface area contributed by atoms with Crippen LogP contribution < -0.4 is 0 Å². The van der Waals surface area contributed by atoms with Crippen LogP contribution in [0.25, 0.3) is 0 Å². The van der Waals surface area contributed by atoms with Gasteiger partial charge in [0.15, 0.2) is 0 Å². The van der Waals surface area contributed by atoms with Crippen LogP contribution in [-0.4, -0.2) is 24.3 Å². The Morgan fingerprint density at radius 2 is 1.79 bits per heavy atom. The van der Waals surface area contributed by atoms with Gasteiger partial charge in [0, 0.05) is 7.05 Å². The fraction of sp³-hybridized carbons (Fsp3) is 0.235. The van der Waals surface area contributed by atoms with E-state index in [1.165, 1.54) is 22.5 Å². The highest BCUT2D eigenvalue weighted by Crippen LogP contribution is 2.23. The van der Waals surface area contributed by atoms with Crippen molar-refractivity contribution in [2.45, 2.75) is 13.3 Å². The number of benzene rings is 2. The Labute approximate surface area is 114 Å². The van der Waals surface area contributed by atoms with E-state index in [-0.39, 0.29) is 0 Å². The van der Waals surface area contributed by atoms with Gasteiger partial charge in [0.25, 0.3) is 0 Å². The van der Waals surface area contributed by atoms with Gasteiger partial charge in [-0.1, -0.05) is 42.5 Å². The van der Waals surface area contributed by atoms with E-state index in [1.54, 1.807) is 0 Å². The van der Waals surface area contributed by atoms with Crippen molar-refractivity contribution in [2.75, 3.05) is 13.6 Å². The summed E-state index contributed by atoms with van der Waals surface area (Å²) in [4.78, 5) is 6.79. The molecule has 2 aromatic rings. The molecule has 2 heteroatoms. The summed E-state index contributed by atoms with van der Waals surface area (Å²) >= 11 is 0. The van der Waals surface area contributed by atoms with E-state index in [0.29, 0.717) is 0 Å². The Morgan fingerprint density at radius 1 is 1.05 bits per heavy atom. The average Bonchev–Trinajstić information content (AvgIpc) is 3.10. The quantitative estimate of drug-likeness (QED) is 0.760. The van der Waals surface area contributed by atoms with Crippen LogP contribution in [0.1, 0.15) is 16.7 Å². The molecule has 0 saturated carbocycles. The van der Waals surface area contributed by atoms with E-state index in [0.717, 1.165) is 18.7 Å². The molecule has 1 saturated heterocycles. The molecule has 96 valence electrons. The molecule has 0 radical (unpaired) electrons. The number of likely N-dealkylation sites (N-methyl/N-ethyl adjacent to an activating group) is 1. The van der Waals surface area contributed by atoms with E-state index in [4.69, 9.17) is 0 Å². The first kappa shape index (κ1) is 12.0. The second-order valence-corrected chi connectivity index (χ2v) is 5.17. The maximum absolute atomic E-state index is 4.64. The molecule has 19 heavy (non-hydrogen) atoms. The van der Waals surface area contributed by atoms with Crippen molar-refractivity contribution in [1.29, 1.82) is 0 Å². The average molecular weight is 250 g/mol. The van der Waals surface area contributed by atoms with Crippen molar-refractivity contribution in [3.05, 3.63) is 65.2 Å². The number of hydrogen-bond donors (Lipinski definition) is 0. The Balaban J connectivity index is 1.80. The van der Waals surface area contributed by atoms with Gasteiger partial charge in [-0.2, -0.15) is 0 Å². The van der Waals surface area contributed by atoms with Crippen molar-refractivity contribution in [3.8, 4) is 0 Å². The highest BCUT2D eigenvalue weighted by atomic mass is 15.3. The van der Waals surface area contributed by atoms with Crippen molar-refractivity contribution < 1.29 is 0 Å². The van der Waals surface area contributed by atoms with Crippen LogP contribution in [0.15, 0.2) is 53.5 Å². The van der Waals surface area contributed by atoms with Gasteiger partial charge >= 0.3 is 0 Å². The Kier molecular flexibility index (Phi) is 3.08. The SMILES string of the molecule is Cc1cc(Cc2ccccc2)ccc1/N=C1/CN1C. The maximum Gasteiger partial charge on any atom is 0.125 e. The molecule has 3 rings (SSSR count). The zero-order valence-corrected chi connectivity index (χ0v) is 11.4. The molecule has 0 aromatic heterocycles. The second kappa shape index (κ2) is 4.88. The number of aryl methyl sites for hydroxylation is 1. The first-order valence-corrected chi connectivity index (χ1v) is 6.64. The number of nitrogens with zero attached hydrogens (tertiary/aromatic N) is 2. The molecule has 0 aliphatic carbocycles. The number of aliphatic imine (C=N–C) groups is 1. The lowest BCUT2D eigenvalue weighted by atomic mass is 10.0. The predicted molar refractivity (Wildman–Crippen MR) is 80.2 cm³/mol. The summed E-state index contributed by atoms with van der Waals surface area (Å²) in [5.74, 6) is 1.18. The normalized spacial score (nSPS) is 15.9. The van der Waals surface area contributed by atoms with Crippen LogP contribution in [-0.2, 0) is 6.42 Å². The van der Waals surface area contributed by atoms with Crippen LogP contribution in [0.3, 0.4) is 0 Å². The molecule has 0 amide bonds. The summed E-state index contributed by atoms with van der Waals surface area (Å²) in [6.07, 6.45) is 0.985. The van der Waals surface area contributed by atoms with E-state index in [1.807, 2.05) is 0 Å². The first-order chi connectivity index (χ1) is 9.22. The van der Waals surface area contributed by atoms with Crippen molar-refractivity contribution in [2.24, 2.45) is 4.99 Å². The predicted octanol–water partition coefficient (Wildman–Crippen LogP) is 3.56. The van der Waals surface area contributed by atoms with Gasteiger partial charge in [0.1, 0.15) is 5.84 Å². The van der Waals surface area contributed by atoms with Gasteiger partial charge in [-0.25, -0.2) is 4.99 Å². The molecular weight excluding hydrogens is 232 g/mol. The van der Waals surface area contributed by atoms with Crippen LogP contribution >= 0.6 is 0 Å². The third kappa shape index (κ3) is 2.84. The highest BCUT2D eigenvalue weighted by Gasteiger charge is 2.21. The van der Waals surface area contributed by atoms with E-state index in [9.17, 15) is 0 Å². The zero-order chi connectivity index (χ0) is 13.2. The van der Waals surface area contributed by atoms with E-state index >= 15 is 0 Å². The molecule has 2 aromatic carbocycles. The van der Waals surface area contributed by atoms with Gasteiger partial charge in [0.2, 0.25) is 0 Å². The van der Waals surface area contributed by atoms with Gasteiger partial charge in [0.05, 0.1) is 12.2 Å². The Bertz CT molecular complexity index is 614. The lowest BCUT2D eigenvalue weighted by Gasteiger charge is -2.05. The molecule has 1 heterocycles. The highest BCUT2D eigenvalue weighted by molar-refractivity contribution is 5.99. The van der Waals surface area contributed by atoms with Crippen LogP contribution in [0.2, 0.25) is 0 Å². The molecule has 0 N–H and O–H groups in total. The van der Waals surface area contributed by atoms with Gasteiger partial charge in [-0.3, -0.25) is 0 Å². The smallest absolute Gasteiger partial charge is 0.125 e. The van der Waals surface area contributed by atoms with Crippen LogP contribution in [0.5, 0.6) is 0 Å². The second-order valence-electron chi connectivity index (χ2n) is 5.17. The number of amidine groups is 1. The Hall–Kier alpha value is -2.09. The van der Waals surface area contributed by atoms with Crippen molar-refractivity contribution in [3.63, 3.8) is 0 Å². The van der Waals surface area contributed by atoms with E-state index < -0.39 is 0 Å². The summed E-state index contributed by atoms with van der Waals surface area (Å²) in [6.45, 7) is 3.14. The summed E-state index contributed by atoms with van der Waals surface area (Å²) < 4.78 is 0. The largest absolute Gasteiger partial charge is 0.354 e. The molecule has 1 fully saturated rings. The molecule has 0 atom stereocenters. The van der Waals surface area contributed by atoms with Crippen LogP contribution in [0, 0.1) is 6.92 Å². The summed E-state index contributed by atoms with van der Waals surface area (Å²) in [5, 5.41) is 0. The van der Waals surface area contributed by atoms with Crippen molar-refractivity contribution >= 4 is 11.5 Å². The molecule has 0 bridgehead atoms. The van der Waals surface area contributed by atoms with E-state index in [2.05, 4.69) is 72.4 Å². The van der Waals surface area contributed by atoms with Gasteiger partial charge in [-0.05, 0) is 36.1 Å². The maximum atomic E-state index is 4.64. The third-order valence-corrected chi connectivity index (χ3v) is 3.48. The minimum absolute atomic E-state index is 0.985. The molecular formula is C17H18N2. The standard InChI is InChI=1S/C17H18N2/c1-13-10-15(11-14-6-4-3-5-7-14)8-9-16(13)18-17-12-19(17)2/h3-10H,11-12H2,1-2H3/b18-17-. The minimum Gasteiger partial charge on any atom is -0.354 e. The summed E-state index contributed by atoms with van der Waals surface area (Å²) in [5.41, 5.74) is 5.04. The third-order valence-electron chi connectivity index (χ3n) is 3.48. The van der Waals surface area contributed by atoms with Gasteiger partial charge < -0.3 is 4.90 Å². The van der Waals surface area contributed by atoms with Crippen molar-refractivity contribution in [1.82, 2.24) is 4.90 Å². The minimum atomic E-state index is 0.985. The Morgan fingerprint density at radius 3 is 2.42 bits per heavy atom. The molecule has 1 aliphatic rings. The van der Waals surface area contributed by atoms with Gasteiger partial charge in [-0.15, -0.1) is 0 Å². The topological polar surface area (TPSA) is 15.4 Å². The monoisotopic (exact) mass is 250 g/mol. The first-order valence-electron chi connectivity index (χ1n) is 6.64. The molecule has 0 spiro atoms. The lowest BCUT2D eigenvalue weighted by Crippen LogP contribution is -1.89. The fourth-order valence-corrected chi connectivity index (χ4v) is 2.22. The summed E-state index contributed by atoms with van der Waals surface area (Å²) in [7, 11) is 2.07. The fourth-order valence-electron chi connectivity index (χ4n) is 2.22. The zero-order valence-electron chi connectivity index (χ0n) is 11.4.